The first-order valence-electron chi connectivity index (χ1n) is 6.06. The number of aromatic nitrogens is 1. The lowest BCUT2D eigenvalue weighted by molar-refractivity contribution is -0.386. The van der Waals surface area contributed by atoms with Crippen molar-refractivity contribution in [3.63, 3.8) is 0 Å². The van der Waals surface area contributed by atoms with Crippen molar-refractivity contribution in [1.82, 2.24) is 10.3 Å². The van der Waals surface area contributed by atoms with Crippen LogP contribution in [0, 0.1) is 17.0 Å². The molecule has 0 amide bonds. The fourth-order valence-corrected chi connectivity index (χ4v) is 2.43. The van der Waals surface area contributed by atoms with E-state index in [4.69, 9.17) is 4.74 Å². The summed E-state index contributed by atoms with van der Waals surface area (Å²) >= 11 is 1.48. The summed E-state index contributed by atoms with van der Waals surface area (Å²) in [6, 6.07) is 4.97. The Morgan fingerprint density at radius 3 is 2.90 bits per heavy atom. The van der Waals surface area contributed by atoms with E-state index in [1.807, 2.05) is 18.4 Å². The molecule has 0 atom stereocenters. The highest BCUT2D eigenvalue weighted by Gasteiger charge is 2.16. The van der Waals surface area contributed by atoms with Crippen LogP contribution in [0.15, 0.2) is 23.6 Å². The first kappa shape index (κ1) is 14.4. The summed E-state index contributed by atoms with van der Waals surface area (Å²) in [4.78, 5) is 14.9. The highest BCUT2D eigenvalue weighted by atomic mass is 32.1. The van der Waals surface area contributed by atoms with Crippen molar-refractivity contribution in [2.24, 2.45) is 0 Å². The molecule has 0 saturated carbocycles. The second-order valence-electron chi connectivity index (χ2n) is 4.26. The van der Waals surface area contributed by atoms with Crippen LogP contribution in [0.4, 0.5) is 5.69 Å². The van der Waals surface area contributed by atoms with E-state index in [0.29, 0.717) is 6.54 Å². The van der Waals surface area contributed by atoms with Gasteiger partial charge in [-0.05, 0) is 25.6 Å². The number of nitrogens with zero attached hydrogens (tertiary/aromatic N) is 2. The maximum atomic E-state index is 11.1. The summed E-state index contributed by atoms with van der Waals surface area (Å²) < 4.78 is 5.52. The molecule has 1 aromatic carbocycles. The molecule has 0 aliphatic heterocycles. The van der Waals surface area contributed by atoms with Crippen LogP contribution < -0.4 is 10.1 Å². The third-order valence-corrected chi connectivity index (χ3v) is 3.56. The van der Waals surface area contributed by atoms with Crippen LogP contribution in [0.3, 0.4) is 0 Å². The predicted molar refractivity (Wildman–Crippen MR) is 77.0 cm³/mol. The third kappa shape index (κ3) is 3.52. The smallest absolute Gasteiger partial charge is 0.311 e. The first-order chi connectivity index (χ1) is 9.60. The minimum atomic E-state index is -0.429. The van der Waals surface area contributed by atoms with Crippen molar-refractivity contribution >= 4 is 17.0 Å². The molecule has 6 nitrogen and oxygen atoms in total. The summed E-state index contributed by atoms with van der Waals surface area (Å²) in [7, 11) is 1.79. The Balaban J connectivity index is 2.15. The molecule has 0 bridgehead atoms. The standard InChI is InChI=1S/C13H15N3O3S/c1-9-8-20-13(15-9)7-19-12-4-3-10(6-14-2)5-11(12)16(17)18/h3-5,8,14H,6-7H2,1-2H3. The summed E-state index contributed by atoms with van der Waals surface area (Å²) in [5.41, 5.74) is 1.75. The first-order valence-corrected chi connectivity index (χ1v) is 6.94. The Hall–Kier alpha value is -1.99. The van der Waals surface area contributed by atoms with Crippen LogP contribution in [0.1, 0.15) is 16.3 Å². The van der Waals surface area contributed by atoms with Gasteiger partial charge in [0.15, 0.2) is 5.75 Å². The molecule has 0 fully saturated rings. The number of thiazole rings is 1. The van der Waals surface area contributed by atoms with Gasteiger partial charge < -0.3 is 10.1 Å². The lowest BCUT2D eigenvalue weighted by Gasteiger charge is -2.07. The van der Waals surface area contributed by atoms with Crippen LogP contribution >= 0.6 is 11.3 Å². The van der Waals surface area contributed by atoms with E-state index in [1.54, 1.807) is 13.1 Å². The number of aryl methyl sites for hydroxylation is 1. The van der Waals surface area contributed by atoms with Gasteiger partial charge in [0, 0.05) is 23.7 Å². The summed E-state index contributed by atoms with van der Waals surface area (Å²) in [5, 5.41) is 16.8. The van der Waals surface area contributed by atoms with Crippen molar-refractivity contribution in [1.29, 1.82) is 0 Å². The Kier molecular flexibility index (Phi) is 4.65. The zero-order valence-corrected chi connectivity index (χ0v) is 12.1. The van der Waals surface area contributed by atoms with Gasteiger partial charge in [-0.1, -0.05) is 6.07 Å². The largest absolute Gasteiger partial charge is 0.479 e. The molecule has 0 unspecified atom stereocenters. The van der Waals surface area contributed by atoms with Crippen molar-refractivity contribution in [2.45, 2.75) is 20.1 Å². The molecule has 7 heteroatoms. The van der Waals surface area contributed by atoms with Crippen LogP contribution in [0.25, 0.3) is 0 Å². The number of ether oxygens (including phenoxy) is 1. The zero-order chi connectivity index (χ0) is 14.5. The average Bonchev–Trinajstić information content (AvgIpc) is 2.83. The highest BCUT2D eigenvalue weighted by molar-refractivity contribution is 7.09. The van der Waals surface area contributed by atoms with E-state index < -0.39 is 4.92 Å². The molecule has 1 heterocycles. The molecule has 0 aliphatic rings. The Labute approximate surface area is 120 Å². The second kappa shape index (κ2) is 6.44. The quantitative estimate of drug-likeness (QED) is 0.654. The van der Waals surface area contributed by atoms with Crippen molar-refractivity contribution < 1.29 is 9.66 Å². The zero-order valence-electron chi connectivity index (χ0n) is 11.3. The number of hydrogen-bond acceptors (Lipinski definition) is 6. The molecule has 1 aromatic heterocycles. The van der Waals surface area contributed by atoms with Gasteiger partial charge in [-0.2, -0.15) is 0 Å². The molecule has 0 radical (unpaired) electrons. The van der Waals surface area contributed by atoms with Crippen LogP contribution in [-0.2, 0) is 13.2 Å². The van der Waals surface area contributed by atoms with Crippen molar-refractivity contribution in [3.05, 3.63) is 50.0 Å². The van der Waals surface area contributed by atoms with Gasteiger partial charge in [0.25, 0.3) is 0 Å². The molecule has 0 saturated heterocycles. The summed E-state index contributed by atoms with van der Waals surface area (Å²) in [5.74, 6) is 0.266. The van der Waals surface area contributed by atoms with Gasteiger partial charge >= 0.3 is 5.69 Å². The number of nitrogens with one attached hydrogen (secondary N) is 1. The normalized spacial score (nSPS) is 10.5. The van der Waals surface area contributed by atoms with Gasteiger partial charge in [0.2, 0.25) is 0 Å². The number of nitro groups is 1. The van der Waals surface area contributed by atoms with E-state index in [9.17, 15) is 10.1 Å². The minimum absolute atomic E-state index is 0.0222. The molecule has 20 heavy (non-hydrogen) atoms. The molecule has 106 valence electrons. The Bertz CT molecular complexity index is 613. The topological polar surface area (TPSA) is 77.3 Å². The molecule has 0 aliphatic carbocycles. The molecule has 1 N–H and O–H groups in total. The highest BCUT2D eigenvalue weighted by Crippen LogP contribution is 2.29. The number of hydrogen-bond donors (Lipinski definition) is 1. The molecular weight excluding hydrogens is 278 g/mol. The summed E-state index contributed by atoms with van der Waals surface area (Å²) in [6.45, 7) is 2.71. The Morgan fingerprint density at radius 2 is 2.30 bits per heavy atom. The lowest BCUT2D eigenvalue weighted by atomic mass is 10.2. The fourth-order valence-electron chi connectivity index (χ4n) is 1.75. The number of rotatable bonds is 6. The van der Waals surface area contributed by atoms with E-state index in [-0.39, 0.29) is 18.0 Å². The predicted octanol–water partition coefficient (Wildman–Crippen LogP) is 2.66. The van der Waals surface area contributed by atoms with E-state index in [1.165, 1.54) is 17.4 Å². The van der Waals surface area contributed by atoms with Gasteiger partial charge in [-0.3, -0.25) is 10.1 Å². The van der Waals surface area contributed by atoms with Crippen molar-refractivity contribution in [3.8, 4) is 5.75 Å². The maximum absolute atomic E-state index is 11.1. The van der Waals surface area contributed by atoms with Gasteiger partial charge in [-0.25, -0.2) is 4.98 Å². The van der Waals surface area contributed by atoms with E-state index >= 15 is 0 Å². The second-order valence-corrected chi connectivity index (χ2v) is 5.20. The van der Waals surface area contributed by atoms with Gasteiger partial charge in [-0.15, -0.1) is 11.3 Å². The van der Waals surface area contributed by atoms with Crippen LogP contribution in [-0.4, -0.2) is 17.0 Å². The average molecular weight is 293 g/mol. The minimum Gasteiger partial charge on any atom is -0.479 e. The van der Waals surface area contributed by atoms with E-state index in [0.717, 1.165) is 16.3 Å². The molecule has 2 aromatic rings. The SMILES string of the molecule is CNCc1ccc(OCc2nc(C)cs2)c([N+](=O)[O-])c1. The maximum Gasteiger partial charge on any atom is 0.311 e. The van der Waals surface area contributed by atoms with E-state index in [2.05, 4.69) is 10.3 Å². The Morgan fingerprint density at radius 1 is 1.50 bits per heavy atom. The number of nitro benzene ring substituents is 1. The van der Waals surface area contributed by atoms with Gasteiger partial charge in [0.05, 0.1) is 4.92 Å². The fraction of sp³-hybridized carbons (Fsp3) is 0.308. The van der Waals surface area contributed by atoms with Crippen LogP contribution in [0.2, 0.25) is 0 Å². The molecule has 0 spiro atoms. The number of benzene rings is 1. The molecule has 2 rings (SSSR count). The third-order valence-electron chi connectivity index (χ3n) is 2.62. The van der Waals surface area contributed by atoms with Crippen LogP contribution in [0.5, 0.6) is 5.75 Å². The van der Waals surface area contributed by atoms with Crippen molar-refractivity contribution in [2.75, 3.05) is 7.05 Å². The van der Waals surface area contributed by atoms with Gasteiger partial charge in [0.1, 0.15) is 11.6 Å². The monoisotopic (exact) mass is 293 g/mol. The lowest BCUT2D eigenvalue weighted by Crippen LogP contribution is -2.06. The summed E-state index contributed by atoms with van der Waals surface area (Å²) in [6.07, 6.45) is 0. The molecular formula is C13H15N3O3S.